The summed E-state index contributed by atoms with van der Waals surface area (Å²) in [6, 6.07) is 10.9. The summed E-state index contributed by atoms with van der Waals surface area (Å²) in [6.45, 7) is 0.743. The monoisotopic (exact) mass is 453 g/mol. The van der Waals surface area contributed by atoms with E-state index in [1.807, 2.05) is 12.1 Å². The number of nitrogens with one attached hydrogen (secondary N) is 1. The maximum Gasteiger partial charge on any atom is 0.416 e. The van der Waals surface area contributed by atoms with Crippen LogP contribution in [0.25, 0.3) is 0 Å². The fourth-order valence-corrected chi connectivity index (χ4v) is 3.73. The van der Waals surface area contributed by atoms with E-state index in [0.717, 1.165) is 17.7 Å². The topological polar surface area (TPSA) is 52.7 Å². The number of halogens is 4. The largest absolute Gasteiger partial charge is 0.416 e. The van der Waals surface area contributed by atoms with Crippen molar-refractivity contribution >= 4 is 23.5 Å². The molecule has 0 aromatic heterocycles. The normalized spacial score (nSPS) is 16.3. The highest BCUT2D eigenvalue weighted by atomic mass is 35.5. The second-order valence-electron chi connectivity index (χ2n) is 7.53. The number of urea groups is 1. The highest BCUT2D eigenvalue weighted by Crippen LogP contribution is 2.29. The van der Waals surface area contributed by atoms with Crippen LogP contribution >= 0.6 is 11.6 Å². The van der Waals surface area contributed by atoms with E-state index in [2.05, 4.69) is 5.32 Å². The summed E-state index contributed by atoms with van der Waals surface area (Å²) in [5.74, 6) is -0.179. The van der Waals surface area contributed by atoms with Gasteiger partial charge < -0.3 is 15.1 Å². The Hall–Kier alpha value is -2.74. The number of rotatable bonds is 5. The average molecular weight is 454 g/mol. The van der Waals surface area contributed by atoms with Gasteiger partial charge in [-0.2, -0.15) is 13.2 Å². The SMILES string of the molecule is CN(Cc1ccc(Cl)cc1)C(=O)[C@H]1CCCN1C(=O)NCc1cccc(C(F)(F)F)c1. The third-order valence-corrected chi connectivity index (χ3v) is 5.46. The van der Waals surface area contributed by atoms with Crippen molar-refractivity contribution in [3.8, 4) is 0 Å². The number of likely N-dealkylation sites (tertiary alicyclic amines) is 1. The van der Waals surface area contributed by atoms with E-state index in [1.165, 1.54) is 17.0 Å². The Labute approximate surface area is 183 Å². The molecule has 1 saturated heterocycles. The van der Waals surface area contributed by atoms with Gasteiger partial charge >= 0.3 is 12.2 Å². The van der Waals surface area contributed by atoms with Gasteiger partial charge in [-0.15, -0.1) is 0 Å². The maximum atomic E-state index is 12.9. The van der Waals surface area contributed by atoms with Crippen LogP contribution in [0.15, 0.2) is 48.5 Å². The molecule has 1 heterocycles. The van der Waals surface area contributed by atoms with Crippen LogP contribution in [0.5, 0.6) is 0 Å². The van der Waals surface area contributed by atoms with E-state index in [4.69, 9.17) is 11.6 Å². The number of hydrogen-bond acceptors (Lipinski definition) is 2. The number of alkyl halides is 3. The standard InChI is InChI=1S/C22H23ClF3N3O2/c1-28(14-15-7-9-18(23)10-8-15)20(30)19-6-3-11-29(19)21(31)27-13-16-4-2-5-17(12-16)22(24,25)26/h2,4-5,7-10,12,19H,3,6,11,13-14H2,1H3,(H,27,31)/t19-/m1/s1. The van der Waals surface area contributed by atoms with Gasteiger partial charge in [0.1, 0.15) is 6.04 Å². The molecule has 0 spiro atoms. The summed E-state index contributed by atoms with van der Waals surface area (Å²) < 4.78 is 38.6. The lowest BCUT2D eigenvalue weighted by Gasteiger charge is -2.28. The molecule has 2 aromatic rings. The van der Waals surface area contributed by atoms with E-state index in [1.54, 1.807) is 24.1 Å². The molecule has 1 atom stereocenters. The molecule has 0 unspecified atom stereocenters. The molecule has 0 saturated carbocycles. The lowest BCUT2D eigenvalue weighted by atomic mass is 10.1. The van der Waals surface area contributed by atoms with Crippen molar-refractivity contribution in [2.24, 2.45) is 0 Å². The molecule has 0 radical (unpaired) electrons. The number of carbonyl (C=O) groups excluding carboxylic acids is 2. The Bertz CT molecular complexity index is 934. The van der Waals surface area contributed by atoms with E-state index >= 15 is 0 Å². The van der Waals surface area contributed by atoms with Crippen molar-refractivity contribution in [3.63, 3.8) is 0 Å². The van der Waals surface area contributed by atoms with Crippen LogP contribution in [-0.4, -0.2) is 41.4 Å². The lowest BCUT2D eigenvalue weighted by Crippen LogP contribution is -2.49. The molecule has 1 N–H and O–H groups in total. The summed E-state index contributed by atoms with van der Waals surface area (Å²) in [4.78, 5) is 28.6. The molecule has 3 amide bonds. The predicted octanol–water partition coefficient (Wildman–Crippen LogP) is 4.69. The Morgan fingerprint density at radius 2 is 1.87 bits per heavy atom. The zero-order valence-electron chi connectivity index (χ0n) is 17.0. The Morgan fingerprint density at radius 3 is 2.55 bits per heavy atom. The molecule has 0 bridgehead atoms. The van der Waals surface area contributed by atoms with E-state index < -0.39 is 23.8 Å². The van der Waals surface area contributed by atoms with Gasteiger partial charge in [-0.3, -0.25) is 4.79 Å². The van der Waals surface area contributed by atoms with Crippen LogP contribution in [0.4, 0.5) is 18.0 Å². The molecule has 9 heteroatoms. The highest BCUT2D eigenvalue weighted by molar-refractivity contribution is 6.30. The van der Waals surface area contributed by atoms with Crippen LogP contribution in [0.3, 0.4) is 0 Å². The van der Waals surface area contributed by atoms with Crippen molar-refractivity contribution in [2.75, 3.05) is 13.6 Å². The van der Waals surface area contributed by atoms with Crippen LogP contribution < -0.4 is 5.32 Å². The summed E-state index contributed by atoms with van der Waals surface area (Å²) in [5, 5.41) is 3.24. The van der Waals surface area contributed by atoms with Gasteiger partial charge in [0.15, 0.2) is 0 Å². The van der Waals surface area contributed by atoms with Crippen LogP contribution in [0, 0.1) is 0 Å². The van der Waals surface area contributed by atoms with Gasteiger partial charge in [0.05, 0.1) is 5.56 Å². The minimum Gasteiger partial charge on any atom is -0.340 e. The van der Waals surface area contributed by atoms with Gasteiger partial charge in [0.2, 0.25) is 5.91 Å². The van der Waals surface area contributed by atoms with Crippen molar-refractivity contribution in [2.45, 2.75) is 38.1 Å². The lowest BCUT2D eigenvalue weighted by molar-refractivity contribution is -0.137. The first kappa shape index (κ1) is 22.9. The number of nitrogens with zero attached hydrogens (tertiary/aromatic N) is 2. The summed E-state index contributed by atoms with van der Waals surface area (Å²) in [6.07, 6.45) is -3.22. The van der Waals surface area contributed by atoms with Crippen molar-refractivity contribution in [1.82, 2.24) is 15.1 Å². The Balaban J connectivity index is 1.59. The van der Waals surface area contributed by atoms with E-state index in [9.17, 15) is 22.8 Å². The number of hydrogen-bond donors (Lipinski definition) is 1. The van der Waals surface area contributed by atoms with Crippen LogP contribution in [0.2, 0.25) is 5.02 Å². The van der Waals surface area contributed by atoms with Gasteiger partial charge in [0, 0.05) is 31.7 Å². The first-order valence-electron chi connectivity index (χ1n) is 9.85. The quantitative estimate of drug-likeness (QED) is 0.714. The van der Waals surface area contributed by atoms with Gasteiger partial charge in [-0.1, -0.05) is 35.9 Å². The zero-order chi connectivity index (χ0) is 22.6. The first-order valence-corrected chi connectivity index (χ1v) is 10.2. The molecule has 0 aliphatic carbocycles. The molecule has 1 aliphatic heterocycles. The minimum absolute atomic E-state index is 0.0548. The summed E-state index contributed by atoms with van der Waals surface area (Å²) in [5.41, 5.74) is 0.487. The van der Waals surface area contributed by atoms with Gasteiger partial charge in [-0.05, 0) is 48.2 Å². The second-order valence-corrected chi connectivity index (χ2v) is 7.97. The molecule has 3 rings (SSSR count). The minimum atomic E-state index is -4.44. The summed E-state index contributed by atoms with van der Waals surface area (Å²) in [7, 11) is 1.67. The van der Waals surface area contributed by atoms with Crippen LogP contribution in [0.1, 0.15) is 29.5 Å². The van der Waals surface area contributed by atoms with Gasteiger partial charge in [-0.25, -0.2) is 4.79 Å². The number of benzene rings is 2. The van der Waals surface area contributed by atoms with E-state index in [0.29, 0.717) is 36.5 Å². The van der Waals surface area contributed by atoms with Crippen LogP contribution in [-0.2, 0) is 24.1 Å². The molecule has 166 valence electrons. The Morgan fingerprint density at radius 1 is 1.16 bits per heavy atom. The number of carbonyl (C=O) groups is 2. The van der Waals surface area contributed by atoms with Crippen molar-refractivity contribution in [1.29, 1.82) is 0 Å². The second kappa shape index (κ2) is 9.60. The van der Waals surface area contributed by atoms with E-state index in [-0.39, 0.29) is 12.5 Å². The third kappa shape index (κ3) is 5.91. The summed E-state index contributed by atoms with van der Waals surface area (Å²) >= 11 is 5.89. The third-order valence-electron chi connectivity index (χ3n) is 5.21. The number of likely N-dealkylation sites (N-methyl/N-ethyl adjacent to an activating group) is 1. The molecule has 1 fully saturated rings. The van der Waals surface area contributed by atoms with Crippen molar-refractivity contribution in [3.05, 3.63) is 70.2 Å². The molecule has 1 aliphatic rings. The molecule has 31 heavy (non-hydrogen) atoms. The molecular formula is C22H23ClF3N3O2. The highest BCUT2D eigenvalue weighted by Gasteiger charge is 2.36. The number of amides is 3. The maximum absolute atomic E-state index is 12.9. The first-order chi connectivity index (χ1) is 14.6. The molecular weight excluding hydrogens is 431 g/mol. The fraction of sp³-hybridized carbons (Fsp3) is 0.364. The molecule has 2 aromatic carbocycles. The molecule has 5 nitrogen and oxygen atoms in total. The van der Waals surface area contributed by atoms with Gasteiger partial charge in [0.25, 0.3) is 0 Å². The fourth-order valence-electron chi connectivity index (χ4n) is 3.60. The van der Waals surface area contributed by atoms with Crippen molar-refractivity contribution < 1.29 is 22.8 Å². The predicted molar refractivity (Wildman–Crippen MR) is 111 cm³/mol. The smallest absolute Gasteiger partial charge is 0.340 e. The average Bonchev–Trinajstić information content (AvgIpc) is 3.22. The Kier molecular flexibility index (Phi) is 7.10. The zero-order valence-corrected chi connectivity index (χ0v) is 17.7.